The molecular formula is C37H13F15N4. The molecule has 1 aliphatic rings. The van der Waals surface area contributed by atoms with Gasteiger partial charge in [0.2, 0.25) is 17.5 Å². The van der Waals surface area contributed by atoms with Crippen molar-refractivity contribution in [1.82, 2.24) is 15.0 Å². The van der Waals surface area contributed by atoms with Crippen LogP contribution in [0.5, 0.6) is 0 Å². The molecule has 3 N–H and O–H groups in total. The molecule has 0 aliphatic carbocycles. The summed E-state index contributed by atoms with van der Waals surface area (Å²) in [5, 5.41) is -1.28. The minimum atomic E-state index is -2.60. The number of aromatic amines is 3. The number of nitrogens with zero attached hydrogens (tertiary/aromatic N) is 1. The van der Waals surface area contributed by atoms with Gasteiger partial charge in [-0.25, -0.2) is 70.8 Å². The van der Waals surface area contributed by atoms with Gasteiger partial charge in [-0.15, -0.1) is 0 Å². The summed E-state index contributed by atoms with van der Waals surface area (Å²) in [6.07, 6.45) is 6.05. The first-order valence-corrected chi connectivity index (χ1v) is 15.3. The van der Waals surface area contributed by atoms with E-state index in [0.717, 1.165) is 48.8 Å². The zero-order valence-corrected chi connectivity index (χ0v) is 26.9. The summed E-state index contributed by atoms with van der Waals surface area (Å²) in [5.41, 5.74) is -9.40. The predicted molar refractivity (Wildman–Crippen MR) is 167 cm³/mol. The lowest BCUT2D eigenvalue weighted by Gasteiger charge is -2.13. The molecule has 1 aliphatic heterocycles. The van der Waals surface area contributed by atoms with E-state index in [4.69, 9.17) is 0 Å². The highest BCUT2D eigenvalue weighted by Gasteiger charge is 2.34. The van der Waals surface area contributed by atoms with E-state index >= 15 is 26.3 Å². The van der Waals surface area contributed by atoms with E-state index in [1.54, 1.807) is 0 Å². The second kappa shape index (κ2) is 13.9. The quantitative estimate of drug-likeness (QED) is 0.0859. The first-order chi connectivity index (χ1) is 26.6. The van der Waals surface area contributed by atoms with E-state index in [1.165, 1.54) is 12.4 Å². The van der Waals surface area contributed by atoms with Crippen molar-refractivity contribution in [2.24, 2.45) is 4.99 Å². The average Bonchev–Trinajstić information content (AvgIpc) is 4.04. The van der Waals surface area contributed by atoms with Gasteiger partial charge in [0, 0.05) is 63.3 Å². The molecule has 0 radical (unpaired) electrons. The molecule has 4 nitrogen and oxygen atoms in total. The summed E-state index contributed by atoms with van der Waals surface area (Å²) in [6.45, 7) is 0. The lowest BCUT2D eigenvalue weighted by atomic mass is 9.96. The summed E-state index contributed by atoms with van der Waals surface area (Å²) in [6, 6.07) is 3.92. The van der Waals surface area contributed by atoms with Crippen LogP contribution in [0.1, 0.15) is 27.8 Å². The van der Waals surface area contributed by atoms with E-state index in [0.29, 0.717) is 0 Å². The van der Waals surface area contributed by atoms with Gasteiger partial charge in [0.1, 0.15) is 0 Å². The van der Waals surface area contributed by atoms with Gasteiger partial charge in [0.05, 0.1) is 28.1 Å². The number of allylic oxidation sites excluding steroid dienone is 2. The third-order valence-corrected chi connectivity index (χ3v) is 8.53. The molecule has 286 valence electrons. The number of aliphatic imine (C=N–C) groups is 1. The molecule has 56 heavy (non-hydrogen) atoms. The van der Waals surface area contributed by atoms with Crippen LogP contribution in [0.4, 0.5) is 65.9 Å². The molecule has 0 fully saturated rings. The van der Waals surface area contributed by atoms with Crippen LogP contribution in [-0.4, -0.2) is 20.7 Å². The maximum absolute atomic E-state index is 15.6. The standard InChI is InChI=1S/C37H13F15N4/c38-23-20(24(39)30(45)35(50)29(23)44)17(11-5-7-53-9-11)13-1-3-15(55-13)19(22-27(42)33(48)37(52)34(49)28(22)43)16-4-2-14(56-16)18(12-6-8-54-10-12)21-25(40)31(46)36(51)32(47)26(21)41/h1-10,53-55H/b17-13+,18-14+,19-15+. The number of rotatable bonds is 6. The summed E-state index contributed by atoms with van der Waals surface area (Å²) >= 11 is 0. The average molecular weight is 799 g/mol. The summed E-state index contributed by atoms with van der Waals surface area (Å²) in [5.74, 6) is -36.3. The molecule has 6 aromatic rings. The smallest absolute Gasteiger partial charge is 0.200 e. The maximum atomic E-state index is 15.6. The van der Waals surface area contributed by atoms with Crippen molar-refractivity contribution >= 4 is 22.4 Å². The molecule has 3 aromatic carbocycles. The van der Waals surface area contributed by atoms with Crippen molar-refractivity contribution in [3.8, 4) is 0 Å². The Balaban J connectivity index is 1.62. The van der Waals surface area contributed by atoms with Gasteiger partial charge in [-0.2, -0.15) is 0 Å². The van der Waals surface area contributed by atoms with Crippen molar-refractivity contribution in [3.05, 3.63) is 193 Å². The van der Waals surface area contributed by atoms with E-state index in [9.17, 15) is 39.5 Å². The van der Waals surface area contributed by atoms with Crippen LogP contribution >= 0.6 is 0 Å². The number of hydrogen-bond donors (Lipinski definition) is 3. The van der Waals surface area contributed by atoms with Crippen molar-refractivity contribution in [2.45, 2.75) is 0 Å². The Morgan fingerprint density at radius 1 is 0.375 bits per heavy atom. The third kappa shape index (κ3) is 5.72. The largest absolute Gasteiger partial charge is 0.367 e. The highest BCUT2D eigenvalue weighted by molar-refractivity contribution is 6.30. The highest BCUT2D eigenvalue weighted by atomic mass is 19.2. The molecule has 0 saturated heterocycles. The van der Waals surface area contributed by atoms with Gasteiger partial charge in [-0.3, -0.25) is 0 Å². The predicted octanol–water partition coefficient (Wildman–Crippen LogP) is 8.67. The minimum absolute atomic E-state index is 0.248. The number of nitrogens with one attached hydrogen (secondary N) is 3. The fraction of sp³-hybridized carbons (Fsp3) is 0. The monoisotopic (exact) mass is 798 g/mol. The Kier molecular flexibility index (Phi) is 9.33. The number of hydrogen-bond acceptors (Lipinski definition) is 1. The Morgan fingerprint density at radius 2 is 0.714 bits per heavy atom. The van der Waals surface area contributed by atoms with Crippen molar-refractivity contribution in [2.75, 3.05) is 0 Å². The van der Waals surface area contributed by atoms with Crippen molar-refractivity contribution in [3.63, 3.8) is 0 Å². The SMILES string of the molecule is Fc1c(F)c(F)c(/C(C2=N/C(=C(\c3cc[nH]c3)c3c(F)c(F)c(F)c(F)c3F)C=C2)=c2\cc/c(=C(/c3cc[nH]c3)c3c(F)c(F)c(F)c(F)c3F)[nH]2)c(F)c1F. The van der Waals surface area contributed by atoms with E-state index in [-0.39, 0.29) is 11.1 Å². The first kappa shape index (κ1) is 37.6. The number of halogens is 15. The lowest BCUT2D eigenvalue weighted by Crippen LogP contribution is -2.22. The van der Waals surface area contributed by atoms with Crippen molar-refractivity contribution in [1.29, 1.82) is 0 Å². The van der Waals surface area contributed by atoms with Gasteiger partial charge < -0.3 is 15.0 Å². The molecule has 19 heteroatoms. The Bertz CT molecular complexity index is 2760. The fourth-order valence-corrected chi connectivity index (χ4v) is 6.01. The molecule has 3 aromatic heterocycles. The van der Waals surface area contributed by atoms with Crippen molar-refractivity contribution < 1.29 is 65.9 Å². The van der Waals surface area contributed by atoms with E-state index in [2.05, 4.69) is 19.9 Å². The number of benzene rings is 3. The summed E-state index contributed by atoms with van der Waals surface area (Å²) in [7, 11) is 0. The van der Waals surface area contributed by atoms with Gasteiger partial charge in [0.25, 0.3) is 0 Å². The van der Waals surface area contributed by atoms with Crippen LogP contribution in [0, 0.1) is 87.3 Å². The number of aromatic nitrogens is 3. The van der Waals surface area contributed by atoms with Crippen LogP contribution in [0.3, 0.4) is 0 Å². The maximum Gasteiger partial charge on any atom is 0.200 e. The van der Waals surface area contributed by atoms with Crippen LogP contribution in [-0.2, 0) is 0 Å². The Morgan fingerprint density at radius 3 is 1.11 bits per heavy atom. The first-order valence-electron chi connectivity index (χ1n) is 15.3. The molecular weight excluding hydrogens is 785 g/mol. The minimum Gasteiger partial charge on any atom is -0.367 e. The molecule has 0 amide bonds. The van der Waals surface area contributed by atoms with Gasteiger partial charge in [-0.05, 0) is 36.4 Å². The third-order valence-electron chi connectivity index (χ3n) is 8.53. The molecule has 0 bridgehead atoms. The second-order valence-electron chi connectivity index (χ2n) is 11.7. The van der Waals surface area contributed by atoms with Crippen LogP contribution in [0.15, 0.2) is 71.9 Å². The topological polar surface area (TPSA) is 59.7 Å². The molecule has 0 unspecified atom stereocenters. The summed E-state index contributed by atoms with van der Waals surface area (Å²) in [4.78, 5) is 11.4. The van der Waals surface area contributed by atoms with E-state index in [1.807, 2.05) is 0 Å². The Labute approximate surface area is 301 Å². The molecule has 0 spiro atoms. The molecule has 4 heterocycles. The van der Waals surface area contributed by atoms with Gasteiger partial charge in [0.15, 0.2) is 69.8 Å². The second-order valence-corrected chi connectivity index (χ2v) is 11.7. The van der Waals surface area contributed by atoms with Crippen LogP contribution in [0.2, 0.25) is 0 Å². The fourth-order valence-electron chi connectivity index (χ4n) is 6.01. The van der Waals surface area contributed by atoms with Gasteiger partial charge in [-0.1, -0.05) is 0 Å². The Hall–Kier alpha value is -6.66. The summed E-state index contributed by atoms with van der Waals surface area (Å²) < 4.78 is 221. The lowest BCUT2D eigenvalue weighted by molar-refractivity contribution is 0.376. The van der Waals surface area contributed by atoms with Crippen LogP contribution in [0.25, 0.3) is 16.7 Å². The van der Waals surface area contributed by atoms with Gasteiger partial charge >= 0.3 is 0 Å². The molecule has 0 saturated carbocycles. The molecule has 0 atom stereocenters. The normalized spacial score (nSPS) is 14.8. The van der Waals surface area contributed by atoms with E-state index < -0.39 is 143 Å². The van der Waals surface area contributed by atoms with Crippen LogP contribution < -0.4 is 10.7 Å². The zero-order valence-electron chi connectivity index (χ0n) is 26.9. The number of H-pyrrole nitrogens is 3. The highest BCUT2D eigenvalue weighted by Crippen LogP contribution is 2.38. The molecule has 7 rings (SSSR count). The zero-order chi connectivity index (χ0) is 40.5.